The van der Waals surface area contributed by atoms with Gasteiger partial charge in [0.1, 0.15) is 11.7 Å². The molecular weight excluding hydrogens is 376 g/mol. The molecule has 0 aliphatic rings. The van der Waals surface area contributed by atoms with E-state index in [0.717, 1.165) is 16.5 Å². The molecule has 2 N–H and O–H groups in total. The molecule has 2 aromatic heterocycles. The van der Waals surface area contributed by atoms with Gasteiger partial charge in [-0.25, -0.2) is 4.98 Å². The lowest BCUT2D eigenvalue weighted by Gasteiger charge is -2.19. The quantitative estimate of drug-likeness (QED) is 0.523. The second kappa shape index (κ2) is 8.96. The van der Waals surface area contributed by atoms with Gasteiger partial charge in [0, 0.05) is 24.3 Å². The third kappa shape index (κ3) is 4.50. The first-order valence-electron chi connectivity index (χ1n) is 9.59. The molecule has 2 amide bonds. The Morgan fingerprint density at radius 1 is 0.867 bits per heavy atom. The highest BCUT2D eigenvalue weighted by Crippen LogP contribution is 2.16. The second-order valence-corrected chi connectivity index (χ2v) is 6.79. The highest BCUT2D eigenvalue weighted by Gasteiger charge is 2.23. The Morgan fingerprint density at radius 3 is 2.47 bits per heavy atom. The molecule has 6 heteroatoms. The van der Waals surface area contributed by atoms with E-state index < -0.39 is 11.9 Å². The van der Waals surface area contributed by atoms with Crippen molar-refractivity contribution in [1.29, 1.82) is 0 Å². The molecule has 0 spiro atoms. The maximum absolute atomic E-state index is 12.9. The summed E-state index contributed by atoms with van der Waals surface area (Å²) >= 11 is 0. The first-order chi connectivity index (χ1) is 14.7. The van der Waals surface area contributed by atoms with Crippen LogP contribution in [0.2, 0.25) is 0 Å². The van der Waals surface area contributed by atoms with E-state index in [1.165, 1.54) is 0 Å². The number of pyridine rings is 2. The van der Waals surface area contributed by atoms with Gasteiger partial charge in [-0.1, -0.05) is 60.7 Å². The summed E-state index contributed by atoms with van der Waals surface area (Å²) in [5.74, 6) is -0.717. The molecule has 6 nitrogen and oxygen atoms in total. The zero-order chi connectivity index (χ0) is 20.8. The van der Waals surface area contributed by atoms with Gasteiger partial charge in [-0.15, -0.1) is 0 Å². The normalized spacial score (nSPS) is 11.6. The fourth-order valence-corrected chi connectivity index (χ4v) is 3.14. The molecule has 0 radical (unpaired) electrons. The Bertz CT molecular complexity index is 1160. The predicted molar refractivity (Wildman–Crippen MR) is 114 cm³/mol. The zero-order valence-electron chi connectivity index (χ0n) is 16.2. The largest absolute Gasteiger partial charge is 0.350 e. The number of fused-ring (bicyclic) bond motifs is 1. The van der Waals surface area contributed by atoms with Crippen molar-refractivity contribution in [2.75, 3.05) is 0 Å². The summed E-state index contributed by atoms with van der Waals surface area (Å²) in [6.45, 7) is 0.320. The molecule has 0 aliphatic heterocycles. The van der Waals surface area contributed by atoms with Crippen LogP contribution in [0.5, 0.6) is 0 Å². The summed E-state index contributed by atoms with van der Waals surface area (Å²) in [6, 6.07) is 23.1. The van der Waals surface area contributed by atoms with E-state index in [9.17, 15) is 9.59 Å². The lowest BCUT2D eigenvalue weighted by molar-refractivity contribution is -0.123. The average molecular weight is 396 g/mol. The van der Waals surface area contributed by atoms with E-state index >= 15 is 0 Å². The minimum Gasteiger partial charge on any atom is -0.350 e. The van der Waals surface area contributed by atoms with Crippen LogP contribution in [-0.4, -0.2) is 21.8 Å². The average Bonchev–Trinajstić information content (AvgIpc) is 2.81. The number of hydrogen-bond acceptors (Lipinski definition) is 4. The van der Waals surface area contributed by atoms with E-state index in [2.05, 4.69) is 20.6 Å². The minimum absolute atomic E-state index is 0.259. The topological polar surface area (TPSA) is 84.0 Å². The molecule has 30 heavy (non-hydrogen) atoms. The molecule has 2 heterocycles. The van der Waals surface area contributed by atoms with Gasteiger partial charge in [0.2, 0.25) is 5.91 Å². The number of nitrogens with one attached hydrogen (secondary N) is 2. The standard InChI is InChI=1S/C24H20N4O2/c29-23(21-13-12-18-8-4-5-11-20(18)27-21)28-22(19-9-2-1-3-10-19)24(30)26-16-17-7-6-14-25-15-17/h1-15,22H,16H2,(H,26,30)(H,28,29)/t22-/m0/s1. The molecule has 148 valence electrons. The highest BCUT2D eigenvalue weighted by atomic mass is 16.2. The van der Waals surface area contributed by atoms with Crippen LogP contribution >= 0.6 is 0 Å². The van der Waals surface area contributed by atoms with Gasteiger partial charge >= 0.3 is 0 Å². The number of aromatic nitrogens is 2. The second-order valence-electron chi connectivity index (χ2n) is 6.79. The molecule has 0 unspecified atom stereocenters. The Balaban J connectivity index is 1.54. The van der Waals surface area contributed by atoms with Crippen molar-refractivity contribution in [2.45, 2.75) is 12.6 Å². The van der Waals surface area contributed by atoms with Crippen LogP contribution in [0.3, 0.4) is 0 Å². The fourth-order valence-electron chi connectivity index (χ4n) is 3.14. The lowest BCUT2D eigenvalue weighted by atomic mass is 10.1. The van der Waals surface area contributed by atoms with Gasteiger partial charge < -0.3 is 10.6 Å². The number of nitrogens with zero attached hydrogens (tertiary/aromatic N) is 2. The molecule has 0 aliphatic carbocycles. The summed E-state index contributed by atoms with van der Waals surface area (Å²) in [5.41, 5.74) is 2.55. The maximum Gasteiger partial charge on any atom is 0.270 e. The maximum atomic E-state index is 12.9. The molecule has 1 atom stereocenters. The first-order valence-corrected chi connectivity index (χ1v) is 9.59. The lowest BCUT2D eigenvalue weighted by Crippen LogP contribution is -2.40. The van der Waals surface area contributed by atoms with Crippen molar-refractivity contribution in [1.82, 2.24) is 20.6 Å². The van der Waals surface area contributed by atoms with Crippen LogP contribution in [-0.2, 0) is 11.3 Å². The van der Waals surface area contributed by atoms with Crippen molar-refractivity contribution in [3.8, 4) is 0 Å². The predicted octanol–water partition coefficient (Wildman–Crippen LogP) is 3.42. The first kappa shape index (κ1) is 19.3. The monoisotopic (exact) mass is 396 g/mol. The Labute approximate surface area is 174 Å². The molecule has 0 fully saturated rings. The number of carbonyl (C=O) groups excluding carboxylic acids is 2. The minimum atomic E-state index is -0.844. The van der Waals surface area contributed by atoms with Crippen molar-refractivity contribution in [3.63, 3.8) is 0 Å². The Kier molecular flexibility index (Phi) is 5.75. The molecule has 0 saturated heterocycles. The third-order valence-electron chi connectivity index (χ3n) is 4.69. The van der Waals surface area contributed by atoms with Crippen molar-refractivity contribution in [2.24, 2.45) is 0 Å². The van der Waals surface area contributed by atoms with Crippen LogP contribution < -0.4 is 10.6 Å². The van der Waals surface area contributed by atoms with E-state index in [-0.39, 0.29) is 11.6 Å². The number of hydrogen-bond donors (Lipinski definition) is 2. The van der Waals surface area contributed by atoms with Gasteiger partial charge in [0.15, 0.2) is 0 Å². The SMILES string of the molecule is O=C(N[C@H](C(=O)NCc1cccnc1)c1ccccc1)c1ccc2ccccc2n1. The van der Waals surface area contributed by atoms with Crippen molar-refractivity contribution >= 4 is 22.7 Å². The van der Waals surface area contributed by atoms with Gasteiger partial charge in [-0.2, -0.15) is 0 Å². The molecule has 2 aromatic carbocycles. The van der Waals surface area contributed by atoms with Crippen molar-refractivity contribution in [3.05, 3.63) is 108 Å². The number of benzene rings is 2. The summed E-state index contributed by atoms with van der Waals surface area (Å²) in [7, 11) is 0. The molecule has 0 saturated carbocycles. The summed E-state index contributed by atoms with van der Waals surface area (Å²) in [4.78, 5) is 34.3. The molecule has 4 rings (SSSR count). The van der Waals surface area contributed by atoms with Gasteiger partial charge in [-0.3, -0.25) is 14.6 Å². The summed E-state index contributed by atoms with van der Waals surface area (Å²) in [6.07, 6.45) is 3.37. The molecule has 0 bridgehead atoms. The Morgan fingerprint density at radius 2 is 1.67 bits per heavy atom. The van der Waals surface area contributed by atoms with Crippen LogP contribution in [0, 0.1) is 0 Å². The smallest absolute Gasteiger partial charge is 0.270 e. The van der Waals surface area contributed by atoms with Crippen LogP contribution in [0.25, 0.3) is 10.9 Å². The number of para-hydroxylation sites is 1. The van der Waals surface area contributed by atoms with Crippen LogP contribution in [0.1, 0.15) is 27.7 Å². The zero-order valence-corrected chi connectivity index (χ0v) is 16.2. The molecule has 4 aromatic rings. The van der Waals surface area contributed by atoms with Crippen molar-refractivity contribution < 1.29 is 9.59 Å². The van der Waals surface area contributed by atoms with Crippen LogP contribution in [0.4, 0.5) is 0 Å². The van der Waals surface area contributed by atoms with E-state index in [0.29, 0.717) is 12.1 Å². The van der Waals surface area contributed by atoms with E-state index in [1.54, 1.807) is 18.5 Å². The number of rotatable bonds is 6. The van der Waals surface area contributed by atoms with Gasteiger partial charge in [0.25, 0.3) is 5.91 Å². The van der Waals surface area contributed by atoms with E-state index in [1.807, 2.05) is 72.8 Å². The number of amides is 2. The summed E-state index contributed by atoms with van der Waals surface area (Å²) in [5, 5.41) is 6.64. The van der Waals surface area contributed by atoms with Crippen LogP contribution in [0.15, 0.2) is 91.3 Å². The van der Waals surface area contributed by atoms with E-state index in [4.69, 9.17) is 0 Å². The summed E-state index contributed by atoms with van der Waals surface area (Å²) < 4.78 is 0. The Hall–Kier alpha value is -4.06. The van der Waals surface area contributed by atoms with Gasteiger partial charge in [0.05, 0.1) is 5.52 Å². The molecular formula is C24H20N4O2. The van der Waals surface area contributed by atoms with Gasteiger partial charge in [-0.05, 0) is 29.3 Å². The number of carbonyl (C=O) groups is 2. The highest BCUT2D eigenvalue weighted by molar-refractivity contribution is 5.98. The fraction of sp³-hybridized carbons (Fsp3) is 0.0833. The third-order valence-corrected chi connectivity index (χ3v) is 4.69.